The zero-order valence-corrected chi connectivity index (χ0v) is 77.7. The Kier molecular flexibility index (Phi) is 18.0. The maximum absolute atomic E-state index is 15.6. The van der Waals surface area contributed by atoms with E-state index in [0.717, 1.165) is 230 Å². The van der Waals surface area contributed by atoms with Crippen molar-refractivity contribution in [1.82, 2.24) is 13.7 Å². The summed E-state index contributed by atoms with van der Waals surface area (Å²) in [6.07, 6.45) is 0. The molecule has 3 atom stereocenters. The summed E-state index contributed by atoms with van der Waals surface area (Å²) in [5.74, 6) is 0. The summed E-state index contributed by atoms with van der Waals surface area (Å²) in [7, 11) is -9.39. The van der Waals surface area contributed by atoms with E-state index in [0.29, 0.717) is 0 Å². The molecule has 30 rings (SSSR count). The summed E-state index contributed by atoms with van der Waals surface area (Å²) in [6, 6.07) is 165. The van der Waals surface area contributed by atoms with E-state index in [9.17, 15) is 0 Å². The molecule has 0 spiro atoms. The summed E-state index contributed by atoms with van der Waals surface area (Å²) < 4.78 is 68.7. The van der Waals surface area contributed by atoms with E-state index >= 15 is 13.7 Å². The van der Waals surface area contributed by atoms with Crippen molar-refractivity contribution in [3.05, 3.63) is 473 Å². The summed E-state index contributed by atoms with van der Waals surface area (Å²) in [6.45, 7) is 0. The number of thiophene rings is 1. The van der Waals surface area contributed by atoms with Gasteiger partial charge in [0, 0.05) is 139 Å². The molecule has 21 aromatic carbocycles. The minimum atomic E-state index is -3.14. The molecule has 138 heavy (non-hydrogen) atoms. The average molecular weight is 1840 g/mol. The van der Waals surface area contributed by atoms with Gasteiger partial charge in [0.2, 0.25) is 0 Å². The summed E-state index contributed by atoms with van der Waals surface area (Å²) in [5, 5.41) is 21.9. The van der Waals surface area contributed by atoms with Crippen molar-refractivity contribution in [2.45, 2.75) is 0 Å². The lowest BCUT2D eigenvalue weighted by atomic mass is 9.99. The Hall–Kier alpha value is -16.5. The van der Waals surface area contributed by atoms with Crippen LogP contribution in [0.25, 0.3) is 213 Å². The van der Waals surface area contributed by atoms with Gasteiger partial charge in [-0.05, 0) is 188 Å². The molecule has 12 heteroatoms. The number of nitrogens with zero attached hydrogens (tertiary/aromatic N) is 3. The molecule has 3 aliphatic rings. The van der Waals surface area contributed by atoms with Gasteiger partial charge >= 0.3 is 0 Å². The number of aromatic nitrogens is 3. The molecule has 648 valence electrons. The zero-order valence-electron chi connectivity index (χ0n) is 74.2. The molecule has 0 amide bonds. The van der Waals surface area contributed by atoms with Gasteiger partial charge in [0.05, 0.1) is 33.1 Å². The number of benzene rings is 21. The molecule has 0 saturated carbocycles. The molecular weight excluding hydrogens is 1760 g/mol. The first-order chi connectivity index (χ1) is 68.1. The molecule has 0 N–H and O–H groups in total. The molecular formula is C126H78N3O5P3S. The zero-order chi connectivity index (χ0) is 91.2. The topological polar surface area (TPSA) is 92.3 Å². The van der Waals surface area contributed by atoms with Crippen LogP contribution in [0.3, 0.4) is 0 Å². The minimum Gasteiger partial charge on any atom is -0.456 e. The Morgan fingerprint density at radius 2 is 0.507 bits per heavy atom. The Morgan fingerprint density at radius 1 is 0.188 bits per heavy atom. The first kappa shape index (κ1) is 80.0. The molecule has 9 heterocycles. The Morgan fingerprint density at radius 3 is 0.964 bits per heavy atom. The molecule has 0 aliphatic carbocycles. The predicted octanol–water partition coefficient (Wildman–Crippen LogP) is 30.4. The van der Waals surface area contributed by atoms with Crippen molar-refractivity contribution in [2.24, 2.45) is 0 Å². The fraction of sp³-hybridized carbons (Fsp3) is 0. The standard InChI is InChI=1S/2C42H26NO2P.C42H26NOPS/c44-46(29-11-2-1-3-12-29)39-20-9-6-13-31(39)32-25-26-36-41(42(32)46)33-14-4-7-17-35(33)43(36)28-23-21-27(22-24-28)30-16-10-19-38-40(30)34-15-5-8-18-37(34)45-38;44-46(30-10-2-1-3-11-30)40-17-9-6-13-32(40)33-23-24-37-41(42(33)46)34-14-4-7-15-36(34)43(37)29-21-18-27(19-22-29)28-20-25-39-35(26-28)31-12-5-8-16-38(31)45-39;44-45(30-10-2-1-3-11-30)38-16-8-5-12-31(38)33-23-24-37-41(42(33)45)34-14-4-7-15-36(34)43(37)29-21-18-27(19-22-29)28-20-25-40-35(26-28)32-13-6-9-17-39(32)46-40/h3*1-26H. The van der Waals surface area contributed by atoms with E-state index in [4.69, 9.17) is 8.83 Å². The van der Waals surface area contributed by atoms with Gasteiger partial charge in [0.1, 0.15) is 22.3 Å². The van der Waals surface area contributed by atoms with Crippen LogP contribution in [0.15, 0.2) is 482 Å². The van der Waals surface area contributed by atoms with Crippen molar-refractivity contribution < 1.29 is 22.5 Å². The number of furan rings is 2. The fourth-order valence-corrected chi connectivity index (χ4v) is 33.8. The number of para-hydroxylation sites is 5. The van der Waals surface area contributed by atoms with Crippen LogP contribution in [0.4, 0.5) is 0 Å². The third-order valence-corrected chi connectivity index (χ3v) is 39.6. The Bertz CT molecular complexity index is 9580. The maximum Gasteiger partial charge on any atom is 0.172 e. The molecule has 0 fully saturated rings. The van der Waals surface area contributed by atoms with Crippen LogP contribution in [0.1, 0.15) is 0 Å². The lowest BCUT2D eigenvalue weighted by molar-refractivity contribution is 0.592. The van der Waals surface area contributed by atoms with Crippen LogP contribution >= 0.6 is 32.8 Å². The first-order valence-electron chi connectivity index (χ1n) is 46.6. The largest absolute Gasteiger partial charge is 0.456 e. The molecule has 27 aromatic rings. The number of rotatable bonds is 9. The van der Waals surface area contributed by atoms with Gasteiger partial charge in [0.25, 0.3) is 0 Å². The van der Waals surface area contributed by atoms with Crippen molar-refractivity contribution >= 4 is 210 Å². The minimum absolute atomic E-state index is 0.871. The van der Waals surface area contributed by atoms with Gasteiger partial charge in [-0.3, -0.25) is 0 Å². The Labute approximate surface area is 797 Å². The smallest absolute Gasteiger partial charge is 0.172 e. The fourth-order valence-electron chi connectivity index (χ4n) is 22.8. The quantitative estimate of drug-likeness (QED) is 0.134. The normalized spacial score (nSPS) is 15.6. The highest BCUT2D eigenvalue weighted by Gasteiger charge is 2.46. The van der Waals surface area contributed by atoms with E-state index in [1.54, 1.807) is 0 Å². The highest BCUT2D eigenvalue weighted by atomic mass is 32.1. The van der Waals surface area contributed by atoms with E-state index in [1.165, 1.54) is 31.3 Å². The number of hydrogen-bond donors (Lipinski definition) is 0. The van der Waals surface area contributed by atoms with Crippen molar-refractivity contribution in [3.8, 4) is 83.8 Å². The average Bonchev–Trinajstić information content (AvgIpc) is 1.53. The van der Waals surface area contributed by atoms with Crippen molar-refractivity contribution in [2.75, 3.05) is 0 Å². The molecule has 0 saturated heterocycles. The van der Waals surface area contributed by atoms with E-state index < -0.39 is 21.4 Å². The molecule has 0 radical (unpaired) electrons. The van der Waals surface area contributed by atoms with Crippen LogP contribution in [-0.2, 0) is 13.7 Å². The highest BCUT2D eigenvalue weighted by molar-refractivity contribution is 7.88. The van der Waals surface area contributed by atoms with Gasteiger partial charge in [0.15, 0.2) is 21.4 Å². The monoisotopic (exact) mass is 1840 g/mol. The van der Waals surface area contributed by atoms with Crippen LogP contribution in [0.5, 0.6) is 0 Å². The number of hydrogen-bond acceptors (Lipinski definition) is 6. The van der Waals surface area contributed by atoms with Gasteiger partial charge < -0.3 is 36.2 Å². The predicted molar refractivity (Wildman–Crippen MR) is 581 cm³/mol. The van der Waals surface area contributed by atoms with Gasteiger partial charge in [-0.1, -0.05) is 352 Å². The lowest BCUT2D eigenvalue weighted by Gasteiger charge is -2.17. The molecule has 0 bridgehead atoms. The van der Waals surface area contributed by atoms with Crippen molar-refractivity contribution in [3.63, 3.8) is 0 Å². The highest BCUT2D eigenvalue weighted by Crippen LogP contribution is 2.59. The third-order valence-electron chi connectivity index (χ3n) is 28.8. The molecule has 3 unspecified atom stereocenters. The Balaban J connectivity index is 0.000000102. The van der Waals surface area contributed by atoms with Gasteiger partial charge in [-0.25, -0.2) is 0 Å². The number of fused-ring (bicyclic) bond motifs is 30. The second-order valence-corrected chi connectivity index (χ2v) is 45.1. The summed E-state index contributed by atoms with van der Waals surface area (Å²) >= 11 is 1.85. The van der Waals surface area contributed by atoms with Crippen LogP contribution in [0.2, 0.25) is 0 Å². The van der Waals surface area contributed by atoms with Gasteiger partial charge in [-0.15, -0.1) is 11.3 Å². The van der Waals surface area contributed by atoms with E-state index in [1.807, 2.05) is 163 Å². The second-order valence-electron chi connectivity index (χ2n) is 36.0. The second kappa shape index (κ2) is 31.0. The van der Waals surface area contributed by atoms with Crippen LogP contribution < -0.4 is 47.7 Å². The lowest BCUT2D eigenvalue weighted by Crippen LogP contribution is -2.21. The van der Waals surface area contributed by atoms with Crippen LogP contribution in [-0.4, -0.2) is 13.7 Å². The van der Waals surface area contributed by atoms with Crippen molar-refractivity contribution in [1.29, 1.82) is 0 Å². The van der Waals surface area contributed by atoms with E-state index in [-0.39, 0.29) is 0 Å². The maximum atomic E-state index is 15.6. The first-order valence-corrected chi connectivity index (χ1v) is 52.6. The summed E-state index contributed by atoms with van der Waals surface area (Å²) in [4.78, 5) is 0. The molecule has 3 aliphatic heterocycles. The van der Waals surface area contributed by atoms with Crippen LogP contribution in [0, 0.1) is 0 Å². The third kappa shape index (κ3) is 11.8. The SMILES string of the molecule is O=P1(c2ccccc2)c2ccccc2-c2ccc3c(c21)c1ccccc1n3-c1ccc(-c2ccc3oc4ccccc4c3c2)cc1.O=P1(c2ccccc2)c2ccccc2-c2ccc3c(c21)c1ccccc1n3-c1ccc(-c2ccc3sc4ccccc4c3c2)cc1.O=P1(c2ccccc2)c2ccccc2-c2ccc3c(c21)c1ccccc1n3-c1ccc(-c2cccc3oc4ccccc4c23)cc1. The summed E-state index contributed by atoms with van der Waals surface area (Å²) in [5.41, 5.74) is 26.7. The molecule has 6 aromatic heterocycles. The van der Waals surface area contributed by atoms with Gasteiger partial charge in [-0.2, -0.15) is 0 Å². The van der Waals surface area contributed by atoms with E-state index in [2.05, 4.69) is 335 Å². The molecule has 8 nitrogen and oxygen atoms in total.